The van der Waals surface area contributed by atoms with E-state index in [-0.39, 0.29) is 6.10 Å². The number of aromatic nitrogens is 4. The standard InChI is InChI=1S/C22H37N7O/c1-15(2)14-28-11-7-18(8-12-28)30-22-26-20-19(16(3)4)13-24-29(20)21(27-22)25-17-5-9-23-10-6-17/h13,15-18,23H,5-12,14H2,1-4H3,(H,25,26,27). The molecule has 0 radical (unpaired) electrons. The Kier molecular flexibility index (Phi) is 6.73. The van der Waals surface area contributed by atoms with E-state index in [1.807, 2.05) is 10.7 Å². The maximum Gasteiger partial charge on any atom is 0.322 e. The Bertz CT molecular complexity index is 820. The zero-order valence-electron chi connectivity index (χ0n) is 18.9. The highest BCUT2D eigenvalue weighted by Gasteiger charge is 2.24. The van der Waals surface area contributed by atoms with Gasteiger partial charge in [-0.05, 0) is 50.6 Å². The fraction of sp³-hybridized carbons (Fsp3) is 0.773. The second-order valence-electron chi connectivity index (χ2n) is 9.50. The molecule has 2 aliphatic rings. The van der Waals surface area contributed by atoms with Crippen molar-refractivity contribution in [2.75, 3.05) is 38.0 Å². The molecule has 0 aliphatic carbocycles. The zero-order chi connectivity index (χ0) is 21.1. The highest BCUT2D eigenvalue weighted by Crippen LogP contribution is 2.25. The van der Waals surface area contributed by atoms with Gasteiger partial charge in [0.1, 0.15) is 6.10 Å². The van der Waals surface area contributed by atoms with Crippen LogP contribution in [0, 0.1) is 5.92 Å². The molecule has 4 heterocycles. The van der Waals surface area contributed by atoms with Gasteiger partial charge in [0.05, 0.1) is 6.20 Å². The number of fused-ring (bicyclic) bond motifs is 1. The van der Waals surface area contributed by atoms with Gasteiger partial charge in [0.15, 0.2) is 5.65 Å². The third-order valence-electron chi connectivity index (χ3n) is 6.10. The highest BCUT2D eigenvalue weighted by molar-refractivity contribution is 5.53. The molecule has 2 N–H and O–H groups in total. The minimum Gasteiger partial charge on any atom is -0.460 e. The summed E-state index contributed by atoms with van der Waals surface area (Å²) in [7, 11) is 0. The van der Waals surface area contributed by atoms with Crippen LogP contribution < -0.4 is 15.4 Å². The van der Waals surface area contributed by atoms with Crippen LogP contribution in [0.4, 0.5) is 5.95 Å². The number of nitrogens with zero attached hydrogens (tertiary/aromatic N) is 5. The second-order valence-corrected chi connectivity index (χ2v) is 9.50. The summed E-state index contributed by atoms with van der Waals surface area (Å²) in [5.41, 5.74) is 1.98. The number of anilines is 1. The van der Waals surface area contributed by atoms with E-state index >= 15 is 0 Å². The van der Waals surface area contributed by atoms with Crippen LogP contribution in [0.25, 0.3) is 5.65 Å². The SMILES string of the molecule is CC(C)CN1CCC(Oc2nc(NC3CCNCC3)n3ncc(C(C)C)c3n2)CC1. The summed E-state index contributed by atoms with van der Waals surface area (Å²) in [5.74, 6) is 1.79. The summed E-state index contributed by atoms with van der Waals surface area (Å²) in [5, 5.41) is 11.6. The average Bonchev–Trinajstić information content (AvgIpc) is 3.14. The van der Waals surface area contributed by atoms with Crippen LogP contribution in [0.15, 0.2) is 6.20 Å². The molecular formula is C22H37N7O. The Balaban J connectivity index is 1.53. The fourth-order valence-corrected chi connectivity index (χ4v) is 4.45. The predicted octanol–water partition coefficient (Wildman–Crippen LogP) is 2.91. The van der Waals surface area contributed by atoms with Crippen molar-refractivity contribution in [1.82, 2.24) is 29.8 Å². The third kappa shape index (κ3) is 5.03. The molecule has 0 bridgehead atoms. The van der Waals surface area contributed by atoms with Crippen molar-refractivity contribution in [3.63, 3.8) is 0 Å². The molecule has 2 aromatic heterocycles. The Morgan fingerprint density at radius 2 is 1.83 bits per heavy atom. The van der Waals surface area contributed by atoms with Crippen LogP contribution in [0.1, 0.15) is 64.9 Å². The van der Waals surface area contributed by atoms with E-state index in [2.05, 4.69) is 48.3 Å². The lowest BCUT2D eigenvalue weighted by Gasteiger charge is -2.32. The maximum absolute atomic E-state index is 6.31. The van der Waals surface area contributed by atoms with Crippen molar-refractivity contribution in [2.45, 2.75) is 71.4 Å². The number of piperidine rings is 2. The molecule has 166 valence electrons. The molecule has 2 aliphatic heterocycles. The van der Waals surface area contributed by atoms with Crippen molar-refractivity contribution >= 4 is 11.6 Å². The first-order valence-electron chi connectivity index (χ1n) is 11.6. The Labute approximate surface area is 179 Å². The van der Waals surface area contributed by atoms with Gasteiger partial charge >= 0.3 is 6.01 Å². The van der Waals surface area contributed by atoms with Crippen molar-refractivity contribution in [3.05, 3.63) is 11.8 Å². The quantitative estimate of drug-likeness (QED) is 0.720. The number of likely N-dealkylation sites (tertiary alicyclic amines) is 1. The van der Waals surface area contributed by atoms with Gasteiger partial charge in [0, 0.05) is 31.2 Å². The topological polar surface area (TPSA) is 79.6 Å². The van der Waals surface area contributed by atoms with E-state index in [9.17, 15) is 0 Å². The molecule has 8 heteroatoms. The summed E-state index contributed by atoms with van der Waals surface area (Å²) < 4.78 is 8.15. The molecule has 0 unspecified atom stereocenters. The van der Waals surface area contributed by atoms with Crippen LogP contribution in [0.5, 0.6) is 6.01 Å². The van der Waals surface area contributed by atoms with E-state index in [4.69, 9.17) is 14.7 Å². The predicted molar refractivity (Wildman–Crippen MR) is 119 cm³/mol. The molecule has 0 aromatic carbocycles. The lowest BCUT2D eigenvalue weighted by molar-refractivity contribution is 0.0871. The van der Waals surface area contributed by atoms with Crippen molar-refractivity contribution in [2.24, 2.45) is 5.92 Å². The summed E-state index contributed by atoms with van der Waals surface area (Å²) in [4.78, 5) is 12.1. The molecule has 0 saturated carbocycles. The van der Waals surface area contributed by atoms with Gasteiger partial charge in [0.2, 0.25) is 5.95 Å². The molecule has 4 rings (SSSR count). The molecule has 0 atom stereocenters. The normalized spacial score (nSPS) is 19.8. The van der Waals surface area contributed by atoms with Gasteiger partial charge in [-0.15, -0.1) is 0 Å². The lowest BCUT2D eigenvalue weighted by Crippen LogP contribution is -2.40. The van der Waals surface area contributed by atoms with Crippen LogP contribution in [0.2, 0.25) is 0 Å². The van der Waals surface area contributed by atoms with Gasteiger partial charge < -0.3 is 20.3 Å². The lowest BCUT2D eigenvalue weighted by atomic mass is 10.1. The first-order valence-corrected chi connectivity index (χ1v) is 11.6. The van der Waals surface area contributed by atoms with Gasteiger partial charge in [-0.1, -0.05) is 27.7 Å². The molecule has 8 nitrogen and oxygen atoms in total. The summed E-state index contributed by atoms with van der Waals surface area (Å²) in [6.07, 6.45) is 6.29. The molecule has 0 amide bonds. The smallest absolute Gasteiger partial charge is 0.322 e. The first-order chi connectivity index (χ1) is 14.5. The second kappa shape index (κ2) is 9.47. The van der Waals surface area contributed by atoms with Gasteiger partial charge in [-0.3, -0.25) is 0 Å². The van der Waals surface area contributed by atoms with E-state index in [0.29, 0.717) is 23.9 Å². The number of hydrogen-bond acceptors (Lipinski definition) is 7. The zero-order valence-corrected chi connectivity index (χ0v) is 18.9. The average molecular weight is 416 g/mol. The van der Waals surface area contributed by atoms with Crippen molar-refractivity contribution in [3.8, 4) is 6.01 Å². The van der Waals surface area contributed by atoms with Crippen LogP contribution >= 0.6 is 0 Å². The molecule has 2 fully saturated rings. The van der Waals surface area contributed by atoms with E-state index < -0.39 is 0 Å². The first kappa shape index (κ1) is 21.3. The van der Waals surface area contributed by atoms with Gasteiger partial charge in [0.25, 0.3) is 0 Å². The Morgan fingerprint density at radius 1 is 1.10 bits per heavy atom. The van der Waals surface area contributed by atoms with Gasteiger partial charge in [-0.25, -0.2) is 0 Å². The number of ether oxygens (including phenoxy) is 1. The molecule has 0 spiro atoms. The molecular weight excluding hydrogens is 378 g/mol. The number of nitrogens with one attached hydrogen (secondary N) is 2. The molecule has 2 saturated heterocycles. The monoisotopic (exact) mass is 415 g/mol. The fourth-order valence-electron chi connectivity index (χ4n) is 4.45. The van der Waals surface area contributed by atoms with E-state index in [1.165, 1.54) is 0 Å². The largest absolute Gasteiger partial charge is 0.460 e. The third-order valence-corrected chi connectivity index (χ3v) is 6.10. The number of rotatable bonds is 7. The van der Waals surface area contributed by atoms with Crippen molar-refractivity contribution < 1.29 is 4.74 Å². The minimum atomic E-state index is 0.174. The number of hydrogen-bond donors (Lipinski definition) is 2. The summed E-state index contributed by atoms with van der Waals surface area (Å²) in [6.45, 7) is 14.3. The van der Waals surface area contributed by atoms with Gasteiger partial charge in [-0.2, -0.15) is 19.6 Å². The summed E-state index contributed by atoms with van der Waals surface area (Å²) in [6, 6.07) is 0.867. The summed E-state index contributed by atoms with van der Waals surface area (Å²) >= 11 is 0. The minimum absolute atomic E-state index is 0.174. The Morgan fingerprint density at radius 3 is 2.50 bits per heavy atom. The molecule has 30 heavy (non-hydrogen) atoms. The van der Waals surface area contributed by atoms with Crippen molar-refractivity contribution in [1.29, 1.82) is 0 Å². The van der Waals surface area contributed by atoms with E-state index in [0.717, 1.165) is 75.6 Å². The van der Waals surface area contributed by atoms with Crippen LogP contribution in [-0.4, -0.2) is 69.4 Å². The highest BCUT2D eigenvalue weighted by atomic mass is 16.5. The Hall–Kier alpha value is -1.93. The van der Waals surface area contributed by atoms with E-state index in [1.54, 1.807) is 0 Å². The van der Waals surface area contributed by atoms with Crippen LogP contribution in [0.3, 0.4) is 0 Å². The van der Waals surface area contributed by atoms with Crippen LogP contribution in [-0.2, 0) is 0 Å². The maximum atomic E-state index is 6.31. The molecule has 2 aromatic rings.